The van der Waals surface area contributed by atoms with Crippen molar-refractivity contribution in [1.29, 1.82) is 0 Å². The van der Waals surface area contributed by atoms with Crippen LogP contribution >= 0.6 is 0 Å². The molecule has 0 fully saturated rings. The Morgan fingerprint density at radius 3 is 2.55 bits per heavy atom. The largest absolute Gasteiger partial charge is 0.510 e. The molecule has 1 heterocycles. The molecule has 0 radical (unpaired) electrons. The van der Waals surface area contributed by atoms with Crippen LogP contribution in [0.5, 0.6) is 0 Å². The molecule has 0 saturated heterocycles. The minimum absolute atomic E-state index is 0.00597. The van der Waals surface area contributed by atoms with Gasteiger partial charge in [-0.2, -0.15) is 0 Å². The number of aliphatic hydroxyl groups excluding tert-OH is 4. The lowest BCUT2D eigenvalue weighted by atomic mass is 9.78. The lowest BCUT2D eigenvalue weighted by Gasteiger charge is -2.34. The maximum Gasteiger partial charge on any atom is 0.138 e. The molecule has 5 nitrogen and oxygen atoms in total. The van der Waals surface area contributed by atoms with Crippen LogP contribution in [-0.2, 0) is 4.74 Å². The molecule has 1 aliphatic carbocycles. The Kier molecular flexibility index (Phi) is 4.86. The van der Waals surface area contributed by atoms with E-state index in [4.69, 9.17) is 9.84 Å². The summed E-state index contributed by atoms with van der Waals surface area (Å²) >= 11 is 0. The summed E-state index contributed by atoms with van der Waals surface area (Å²) in [6.45, 7) is 3.58. The Morgan fingerprint density at radius 1 is 1.25 bits per heavy atom. The van der Waals surface area contributed by atoms with Gasteiger partial charge in [0.2, 0.25) is 0 Å². The fourth-order valence-corrected chi connectivity index (χ4v) is 3.17. The average Bonchev–Trinajstić information content (AvgIpc) is 2.75. The zero-order chi connectivity index (χ0) is 14.9. The molecule has 5 unspecified atom stereocenters. The van der Waals surface area contributed by atoms with Crippen molar-refractivity contribution in [3.63, 3.8) is 0 Å². The van der Waals surface area contributed by atoms with E-state index in [1.54, 1.807) is 6.08 Å². The first-order valence-electron chi connectivity index (χ1n) is 7.15. The van der Waals surface area contributed by atoms with Crippen LogP contribution in [0.25, 0.3) is 0 Å². The molecule has 114 valence electrons. The van der Waals surface area contributed by atoms with Crippen molar-refractivity contribution in [1.82, 2.24) is 0 Å². The fourth-order valence-electron chi connectivity index (χ4n) is 3.17. The van der Waals surface area contributed by atoms with Gasteiger partial charge in [0.25, 0.3) is 0 Å². The molecule has 6 atom stereocenters. The first-order chi connectivity index (χ1) is 9.43. The van der Waals surface area contributed by atoms with E-state index in [9.17, 15) is 15.3 Å². The van der Waals surface area contributed by atoms with Crippen LogP contribution in [0.15, 0.2) is 23.5 Å². The van der Waals surface area contributed by atoms with Crippen LogP contribution < -0.4 is 0 Å². The zero-order valence-corrected chi connectivity index (χ0v) is 11.9. The predicted octanol–water partition coefficient (Wildman–Crippen LogP) is 0.902. The minimum Gasteiger partial charge on any atom is -0.510 e. The molecule has 2 aliphatic rings. The van der Waals surface area contributed by atoms with Gasteiger partial charge in [0.05, 0.1) is 24.9 Å². The Bertz CT molecular complexity index is 403. The SMILES string of the molecule is CC1=C[C@@H](C)C(C2C=C(O)C(CO)O2)C(O)CCC1O. The highest BCUT2D eigenvalue weighted by Gasteiger charge is 2.39. The Morgan fingerprint density at radius 2 is 1.95 bits per heavy atom. The number of rotatable bonds is 2. The molecule has 4 N–H and O–H groups in total. The van der Waals surface area contributed by atoms with Crippen molar-refractivity contribution < 1.29 is 25.2 Å². The first kappa shape index (κ1) is 15.5. The molecule has 0 aromatic rings. The molecule has 0 amide bonds. The van der Waals surface area contributed by atoms with E-state index in [-0.39, 0.29) is 24.2 Å². The topological polar surface area (TPSA) is 90.2 Å². The molecule has 0 spiro atoms. The van der Waals surface area contributed by atoms with Gasteiger partial charge >= 0.3 is 0 Å². The van der Waals surface area contributed by atoms with E-state index >= 15 is 0 Å². The van der Waals surface area contributed by atoms with E-state index in [1.165, 1.54) is 0 Å². The first-order valence-corrected chi connectivity index (χ1v) is 7.15. The Labute approximate surface area is 119 Å². The number of hydrogen-bond acceptors (Lipinski definition) is 5. The highest BCUT2D eigenvalue weighted by molar-refractivity contribution is 5.15. The molecule has 0 saturated carbocycles. The highest BCUT2D eigenvalue weighted by atomic mass is 16.5. The summed E-state index contributed by atoms with van der Waals surface area (Å²) in [6.07, 6.45) is 2.29. The van der Waals surface area contributed by atoms with Crippen LogP contribution in [-0.4, -0.2) is 51.4 Å². The second-order valence-corrected chi connectivity index (χ2v) is 5.87. The van der Waals surface area contributed by atoms with E-state index in [1.807, 2.05) is 19.9 Å². The standard InChI is InChI=1S/C15H24O5/c1-8-5-9(2)15(11(18)4-3-10(8)17)13-6-12(19)14(7-16)20-13/h5-6,9-11,13-19H,3-4,7H2,1-2H3/t9-,10?,11?,13?,14?,15?/m1/s1. The molecule has 2 rings (SSSR count). The van der Waals surface area contributed by atoms with Crippen LogP contribution in [0.2, 0.25) is 0 Å². The summed E-state index contributed by atoms with van der Waals surface area (Å²) in [5, 5.41) is 39.1. The van der Waals surface area contributed by atoms with Gasteiger partial charge < -0.3 is 25.2 Å². The lowest BCUT2D eigenvalue weighted by Crippen LogP contribution is -2.38. The van der Waals surface area contributed by atoms with Crippen molar-refractivity contribution >= 4 is 0 Å². The Balaban J connectivity index is 2.21. The van der Waals surface area contributed by atoms with Gasteiger partial charge in [-0.15, -0.1) is 0 Å². The number of hydrogen-bond donors (Lipinski definition) is 4. The van der Waals surface area contributed by atoms with Crippen molar-refractivity contribution in [3.8, 4) is 0 Å². The number of ether oxygens (including phenoxy) is 1. The molecule has 0 aromatic heterocycles. The maximum atomic E-state index is 10.4. The predicted molar refractivity (Wildman–Crippen MR) is 74.1 cm³/mol. The molecule has 1 aliphatic heterocycles. The van der Waals surface area contributed by atoms with E-state index in [0.717, 1.165) is 5.57 Å². The number of aliphatic hydroxyl groups is 4. The second kappa shape index (κ2) is 6.26. The third-order valence-electron chi connectivity index (χ3n) is 4.37. The summed E-state index contributed by atoms with van der Waals surface area (Å²) in [5.74, 6) is -0.165. The van der Waals surface area contributed by atoms with Crippen LogP contribution in [0.3, 0.4) is 0 Å². The van der Waals surface area contributed by atoms with Crippen molar-refractivity contribution in [2.45, 2.75) is 51.1 Å². The third-order valence-corrected chi connectivity index (χ3v) is 4.37. The van der Waals surface area contributed by atoms with Gasteiger partial charge in [-0.1, -0.05) is 13.0 Å². The summed E-state index contributed by atoms with van der Waals surface area (Å²) in [6, 6.07) is 0. The molecular formula is C15H24O5. The van der Waals surface area contributed by atoms with Crippen molar-refractivity contribution in [2.75, 3.05) is 6.61 Å². The molecular weight excluding hydrogens is 260 g/mol. The second-order valence-electron chi connectivity index (χ2n) is 5.87. The molecule has 20 heavy (non-hydrogen) atoms. The van der Waals surface area contributed by atoms with Crippen LogP contribution in [0, 0.1) is 11.8 Å². The van der Waals surface area contributed by atoms with Crippen molar-refractivity contribution in [3.05, 3.63) is 23.5 Å². The lowest BCUT2D eigenvalue weighted by molar-refractivity contribution is -0.0608. The zero-order valence-electron chi connectivity index (χ0n) is 11.9. The van der Waals surface area contributed by atoms with Crippen LogP contribution in [0.1, 0.15) is 26.7 Å². The maximum absolute atomic E-state index is 10.4. The molecule has 0 aromatic carbocycles. The monoisotopic (exact) mass is 284 g/mol. The van der Waals surface area contributed by atoms with Gasteiger partial charge in [0.15, 0.2) is 0 Å². The fraction of sp³-hybridized carbons (Fsp3) is 0.733. The average molecular weight is 284 g/mol. The van der Waals surface area contributed by atoms with Gasteiger partial charge in [-0.25, -0.2) is 0 Å². The van der Waals surface area contributed by atoms with E-state index < -0.39 is 24.4 Å². The minimum atomic E-state index is -0.694. The Hall–Kier alpha value is -0.880. The highest BCUT2D eigenvalue weighted by Crippen LogP contribution is 2.34. The molecule has 0 bridgehead atoms. The summed E-state index contributed by atoms with van der Waals surface area (Å²) < 4.78 is 5.62. The van der Waals surface area contributed by atoms with Gasteiger partial charge in [0.1, 0.15) is 11.9 Å². The summed E-state index contributed by atoms with van der Waals surface area (Å²) in [7, 11) is 0. The normalized spacial score (nSPS) is 42.6. The van der Waals surface area contributed by atoms with Crippen LogP contribution in [0.4, 0.5) is 0 Å². The van der Waals surface area contributed by atoms with E-state index in [2.05, 4.69) is 0 Å². The van der Waals surface area contributed by atoms with Gasteiger partial charge in [0, 0.05) is 5.92 Å². The smallest absolute Gasteiger partial charge is 0.138 e. The third kappa shape index (κ3) is 3.06. The summed E-state index contributed by atoms with van der Waals surface area (Å²) in [5.41, 5.74) is 0.902. The van der Waals surface area contributed by atoms with E-state index in [0.29, 0.717) is 12.8 Å². The quantitative estimate of drug-likeness (QED) is 0.566. The van der Waals surface area contributed by atoms with Crippen molar-refractivity contribution in [2.24, 2.45) is 11.8 Å². The van der Waals surface area contributed by atoms with Gasteiger partial charge in [-0.05, 0) is 37.3 Å². The summed E-state index contributed by atoms with van der Waals surface area (Å²) in [4.78, 5) is 0. The van der Waals surface area contributed by atoms with Gasteiger partial charge in [-0.3, -0.25) is 0 Å². The molecule has 5 heteroatoms. The number of allylic oxidation sites excluding steroid dienone is 1.